The van der Waals surface area contributed by atoms with E-state index in [-0.39, 0.29) is 17.6 Å². The molecule has 8 heteroatoms. The smallest absolute Gasteiger partial charge is 0.267 e. The lowest BCUT2D eigenvalue weighted by atomic mass is 10.1. The van der Waals surface area contributed by atoms with Crippen molar-refractivity contribution in [3.05, 3.63) is 65.6 Å². The third-order valence-electron chi connectivity index (χ3n) is 4.08. The van der Waals surface area contributed by atoms with E-state index >= 15 is 0 Å². The maximum Gasteiger partial charge on any atom is 0.267 e. The van der Waals surface area contributed by atoms with E-state index in [1.54, 1.807) is 30.7 Å². The van der Waals surface area contributed by atoms with E-state index in [4.69, 9.17) is 4.74 Å². The Morgan fingerprint density at radius 1 is 1.04 bits per heavy atom. The zero-order valence-electron chi connectivity index (χ0n) is 13.3. The maximum atomic E-state index is 12.4. The Labute approximate surface area is 143 Å². The van der Waals surface area contributed by atoms with Crippen LogP contribution in [0.1, 0.15) is 6.04 Å². The van der Waals surface area contributed by atoms with E-state index in [1.165, 1.54) is 17.1 Å². The number of aromatic nitrogens is 5. The molecule has 4 heterocycles. The summed E-state index contributed by atoms with van der Waals surface area (Å²) in [5.74, 6) is 0.689. The number of ether oxygens (including phenoxy) is 1. The first kappa shape index (κ1) is 15.4. The number of hydrogen-bond donors (Lipinski definition) is 1. The van der Waals surface area contributed by atoms with Crippen molar-refractivity contribution in [1.82, 2.24) is 24.7 Å². The molecule has 0 aliphatic carbocycles. The average Bonchev–Trinajstić information content (AvgIpc) is 3.11. The molecule has 8 nitrogen and oxygen atoms in total. The molecule has 126 valence electrons. The van der Waals surface area contributed by atoms with Crippen LogP contribution < -0.4 is 10.9 Å². The molecule has 0 aromatic carbocycles. The highest BCUT2D eigenvalue weighted by Crippen LogP contribution is 2.22. The fourth-order valence-electron chi connectivity index (χ4n) is 2.83. The molecule has 1 aliphatic heterocycles. The third-order valence-corrected chi connectivity index (χ3v) is 4.08. The van der Waals surface area contributed by atoms with E-state index in [1.807, 2.05) is 12.1 Å². The lowest BCUT2D eigenvalue weighted by Gasteiger charge is -2.21. The predicted octanol–water partition coefficient (Wildman–Crippen LogP) is 1.15. The van der Waals surface area contributed by atoms with Gasteiger partial charge in [0, 0.05) is 30.2 Å². The minimum atomic E-state index is -0.218. The molecule has 3 aromatic heterocycles. The van der Waals surface area contributed by atoms with Gasteiger partial charge in [-0.3, -0.25) is 9.78 Å². The Bertz CT molecular complexity index is 900. The van der Waals surface area contributed by atoms with Crippen molar-refractivity contribution < 1.29 is 4.74 Å². The quantitative estimate of drug-likeness (QED) is 0.763. The molecule has 0 amide bonds. The monoisotopic (exact) mass is 336 g/mol. The van der Waals surface area contributed by atoms with Crippen molar-refractivity contribution in [2.24, 2.45) is 0 Å². The highest BCUT2D eigenvalue weighted by molar-refractivity contribution is 5.57. The first-order valence-corrected chi connectivity index (χ1v) is 7.92. The number of pyridine rings is 1. The van der Waals surface area contributed by atoms with Crippen molar-refractivity contribution >= 4 is 5.82 Å². The molecule has 2 atom stereocenters. The largest absolute Gasteiger partial charge is 0.377 e. The Morgan fingerprint density at radius 2 is 1.88 bits per heavy atom. The lowest BCUT2D eigenvalue weighted by molar-refractivity contribution is 0.183. The van der Waals surface area contributed by atoms with Gasteiger partial charge in [0.05, 0.1) is 24.9 Å². The van der Waals surface area contributed by atoms with Gasteiger partial charge in [-0.05, 0) is 24.3 Å². The summed E-state index contributed by atoms with van der Waals surface area (Å²) in [6.07, 6.45) is 6.53. The standard InChI is InChI=1S/C17H16N6O2/c24-17-2-1-13(12-3-6-18-7-4-12)22-23(17)15-10-25-9-14(15)21-16-5-8-19-11-20-16/h1-8,11,14-15H,9-10H2,(H,19,20,21). The molecule has 4 rings (SSSR count). The third kappa shape index (κ3) is 3.24. The normalized spacial score (nSPS) is 19.7. The van der Waals surface area contributed by atoms with Crippen molar-refractivity contribution in [3.63, 3.8) is 0 Å². The fraction of sp³-hybridized carbons (Fsp3) is 0.235. The van der Waals surface area contributed by atoms with Crippen molar-refractivity contribution in [1.29, 1.82) is 0 Å². The Kier molecular flexibility index (Phi) is 4.17. The molecule has 1 aliphatic rings. The van der Waals surface area contributed by atoms with Gasteiger partial charge >= 0.3 is 0 Å². The molecule has 0 radical (unpaired) electrons. The summed E-state index contributed by atoms with van der Waals surface area (Å²) >= 11 is 0. The van der Waals surface area contributed by atoms with Gasteiger partial charge < -0.3 is 10.1 Å². The van der Waals surface area contributed by atoms with Crippen LogP contribution in [0.2, 0.25) is 0 Å². The molecular weight excluding hydrogens is 320 g/mol. The zero-order chi connectivity index (χ0) is 17.1. The molecule has 0 saturated carbocycles. The average molecular weight is 336 g/mol. The minimum Gasteiger partial charge on any atom is -0.377 e. The molecule has 1 saturated heterocycles. The van der Waals surface area contributed by atoms with Crippen LogP contribution in [0.3, 0.4) is 0 Å². The van der Waals surface area contributed by atoms with Gasteiger partial charge in [-0.15, -0.1) is 0 Å². The lowest BCUT2D eigenvalue weighted by Crippen LogP contribution is -2.37. The Balaban J connectivity index is 1.65. The molecular formula is C17H16N6O2. The number of rotatable bonds is 4. The van der Waals surface area contributed by atoms with Crippen LogP contribution in [-0.4, -0.2) is 44.0 Å². The zero-order valence-corrected chi connectivity index (χ0v) is 13.3. The van der Waals surface area contributed by atoms with Crippen LogP contribution in [0, 0.1) is 0 Å². The minimum absolute atomic E-state index is 0.104. The number of hydrogen-bond acceptors (Lipinski definition) is 7. The topological polar surface area (TPSA) is 94.8 Å². The van der Waals surface area contributed by atoms with Crippen LogP contribution in [0.25, 0.3) is 11.3 Å². The van der Waals surface area contributed by atoms with Gasteiger partial charge in [-0.1, -0.05) is 0 Å². The van der Waals surface area contributed by atoms with Crippen molar-refractivity contribution in [3.8, 4) is 11.3 Å². The van der Waals surface area contributed by atoms with Crippen LogP contribution in [0.15, 0.2) is 60.0 Å². The fourth-order valence-corrected chi connectivity index (χ4v) is 2.83. The summed E-state index contributed by atoms with van der Waals surface area (Å²) in [6.45, 7) is 0.887. The second kappa shape index (κ2) is 6.78. The van der Waals surface area contributed by atoms with Crippen LogP contribution in [0.4, 0.5) is 5.82 Å². The maximum absolute atomic E-state index is 12.4. The van der Waals surface area contributed by atoms with Gasteiger partial charge in [0.25, 0.3) is 5.56 Å². The summed E-state index contributed by atoms with van der Waals surface area (Å²) < 4.78 is 7.07. The van der Waals surface area contributed by atoms with Gasteiger partial charge in [-0.25, -0.2) is 14.6 Å². The van der Waals surface area contributed by atoms with Crippen LogP contribution in [-0.2, 0) is 4.74 Å². The van der Waals surface area contributed by atoms with E-state index in [2.05, 4.69) is 25.4 Å². The summed E-state index contributed by atoms with van der Waals surface area (Å²) in [5, 5.41) is 7.83. The van der Waals surface area contributed by atoms with E-state index in [0.717, 1.165) is 11.3 Å². The van der Waals surface area contributed by atoms with Gasteiger partial charge in [0.1, 0.15) is 18.2 Å². The predicted molar refractivity (Wildman–Crippen MR) is 91.0 cm³/mol. The van der Waals surface area contributed by atoms with Gasteiger partial charge in [0.15, 0.2) is 0 Å². The molecule has 0 bridgehead atoms. The molecule has 25 heavy (non-hydrogen) atoms. The summed E-state index contributed by atoms with van der Waals surface area (Å²) in [4.78, 5) is 24.4. The van der Waals surface area contributed by atoms with Crippen molar-refractivity contribution in [2.75, 3.05) is 18.5 Å². The highest BCUT2D eigenvalue weighted by Gasteiger charge is 2.31. The Hall–Kier alpha value is -3.13. The first-order valence-electron chi connectivity index (χ1n) is 7.92. The first-order chi connectivity index (χ1) is 12.3. The summed E-state index contributed by atoms with van der Waals surface area (Å²) in [6, 6.07) is 8.42. The molecule has 3 aromatic rings. The highest BCUT2D eigenvalue weighted by atomic mass is 16.5. The SMILES string of the molecule is O=c1ccc(-c2ccncc2)nn1C1COCC1Nc1ccncn1. The van der Waals surface area contributed by atoms with Gasteiger partial charge in [-0.2, -0.15) is 5.10 Å². The van der Waals surface area contributed by atoms with Crippen LogP contribution in [0.5, 0.6) is 0 Å². The van der Waals surface area contributed by atoms with E-state index in [9.17, 15) is 4.79 Å². The molecule has 1 N–H and O–H groups in total. The summed E-state index contributed by atoms with van der Waals surface area (Å²) in [5.41, 5.74) is 1.46. The molecule has 0 spiro atoms. The second-order valence-corrected chi connectivity index (χ2v) is 5.69. The molecule has 2 unspecified atom stereocenters. The second-order valence-electron chi connectivity index (χ2n) is 5.69. The van der Waals surface area contributed by atoms with E-state index < -0.39 is 0 Å². The number of nitrogens with zero attached hydrogens (tertiary/aromatic N) is 5. The number of anilines is 1. The van der Waals surface area contributed by atoms with E-state index in [0.29, 0.717) is 19.0 Å². The summed E-state index contributed by atoms with van der Waals surface area (Å²) in [7, 11) is 0. The van der Waals surface area contributed by atoms with Crippen molar-refractivity contribution in [2.45, 2.75) is 12.1 Å². The molecule has 1 fully saturated rings. The van der Waals surface area contributed by atoms with Gasteiger partial charge in [0.2, 0.25) is 0 Å². The Morgan fingerprint density at radius 3 is 2.68 bits per heavy atom. The van der Waals surface area contributed by atoms with Crippen LogP contribution >= 0.6 is 0 Å². The number of nitrogens with one attached hydrogen (secondary N) is 1.